The molecule has 14 heavy (non-hydrogen) atoms. The van der Waals surface area contributed by atoms with E-state index in [0.29, 0.717) is 17.3 Å². The van der Waals surface area contributed by atoms with Crippen LogP contribution in [0, 0.1) is 17.1 Å². The van der Waals surface area contributed by atoms with Gasteiger partial charge in [0, 0.05) is 13.1 Å². The molecule has 2 N–H and O–H groups in total. The highest BCUT2D eigenvalue weighted by atomic mass is 19.1. The van der Waals surface area contributed by atoms with Gasteiger partial charge in [-0.05, 0) is 18.2 Å². The van der Waals surface area contributed by atoms with E-state index in [1.807, 2.05) is 6.07 Å². The Kier molecular flexibility index (Phi) is 2.33. The van der Waals surface area contributed by atoms with Crippen molar-refractivity contribution in [3.05, 3.63) is 29.6 Å². The predicted molar refractivity (Wildman–Crippen MR) is 51.4 cm³/mol. The lowest BCUT2D eigenvalue weighted by atomic mass is 10.1. The fraction of sp³-hybridized carbons (Fsp3) is 0.300. The van der Waals surface area contributed by atoms with Gasteiger partial charge in [0.05, 0.1) is 23.4 Å². The van der Waals surface area contributed by atoms with E-state index in [-0.39, 0.29) is 5.82 Å². The van der Waals surface area contributed by atoms with Crippen molar-refractivity contribution in [2.45, 2.75) is 6.04 Å². The molecule has 1 aromatic carbocycles. The Morgan fingerprint density at radius 2 is 2.29 bits per heavy atom. The van der Waals surface area contributed by atoms with Crippen molar-refractivity contribution < 1.29 is 4.39 Å². The number of rotatable bonds is 2. The molecule has 0 aromatic heterocycles. The molecule has 0 atom stereocenters. The molecule has 2 rings (SSSR count). The topological polar surface area (TPSA) is 47.9 Å². The van der Waals surface area contributed by atoms with Crippen LogP contribution in [-0.2, 0) is 0 Å². The summed E-state index contributed by atoms with van der Waals surface area (Å²) in [6.07, 6.45) is 0. The van der Waals surface area contributed by atoms with Gasteiger partial charge in [0.2, 0.25) is 0 Å². The minimum atomic E-state index is -0.365. The number of benzene rings is 1. The number of anilines is 1. The molecule has 1 fully saturated rings. The number of halogens is 1. The molecule has 0 radical (unpaired) electrons. The molecular formula is C10H10FN3. The molecule has 4 heteroatoms. The van der Waals surface area contributed by atoms with Gasteiger partial charge in [-0.3, -0.25) is 0 Å². The van der Waals surface area contributed by atoms with Gasteiger partial charge in [0.15, 0.2) is 0 Å². The maximum Gasteiger partial charge on any atom is 0.147 e. The average Bonchev–Trinajstić information content (AvgIpc) is 2.13. The molecule has 0 spiro atoms. The highest BCUT2D eigenvalue weighted by Crippen LogP contribution is 2.16. The normalized spacial score (nSPS) is 15.7. The SMILES string of the molecule is N#Cc1ccc(NC2CNC2)c(F)c1. The first-order chi connectivity index (χ1) is 6.79. The number of nitrogens with one attached hydrogen (secondary N) is 2. The summed E-state index contributed by atoms with van der Waals surface area (Å²) in [5.74, 6) is -0.365. The van der Waals surface area contributed by atoms with Crippen LogP contribution in [0.1, 0.15) is 5.56 Å². The van der Waals surface area contributed by atoms with Crippen molar-refractivity contribution in [1.82, 2.24) is 5.32 Å². The lowest BCUT2D eigenvalue weighted by molar-refractivity contribution is 0.469. The van der Waals surface area contributed by atoms with Crippen LogP contribution in [0.4, 0.5) is 10.1 Å². The minimum absolute atomic E-state index is 0.303. The number of hydrogen-bond donors (Lipinski definition) is 2. The van der Waals surface area contributed by atoms with Crippen molar-refractivity contribution in [3.63, 3.8) is 0 Å². The molecule has 1 heterocycles. The van der Waals surface area contributed by atoms with Crippen LogP contribution >= 0.6 is 0 Å². The van der Waals surface area contributed by atoms with E-state index >= 15 is 0 Å². The molecular weight excluding hydrogens is 181 g/mol. The van der Waals surface area contributed by atoms with Crippen LogP contribution in [-0.4, -0.2) is 19.1 Å². The van der Waals surface area contributed by atoms with Crippen molar-refractivity contribution in [2.75, 3.05) is 18.4 Å². The van der Waals surface area contributed by atoms with Crippen molar-refractivity contribution >= 4 is 5.69 Å². The van der Waals surface area contributed by atoms with Crippen LogP contribution in [0.15, 0.2) is 18.2 Å². The van der Waals surface area contributed by atoms with E-state index in [4.69, 9.17) is 5.26 Å². The molecule has 1 saturated heterocycles. The van der Waals surface area contributed by atoms with Gasteiger partial charge in [0.1, 0.15) is 5.82 Å². The maximum absolute atomic E-state index is 13.3. The third kappa shape index (κ3) is 1.68. The third-order valence-corrected chi connectivity index (χ3v) is 2.24. The number of nitrogens with zero attached hydrogens (tertiary/aromatic N) is 1. The van der Waals surface area contributed by atoms with E-state index in [2.05, 4.69) is 10.6 Å². The highest BCUT2D eigenvalue weighted by molar-refractivity contribution is 5.49. The Morgan fingerprint density at radius 3 is 2.79 bits per heavy atom. The Morgan fingerprint density at radius 1 is 1.50 bits per heavy atom. The third-order valence-electron chi connectivity index (χ3n) is 2.24. The summed E-state index contributed by atoms with van der Waals surface area (Å²) in [5, 5.41) is 14.7. The van der Waals surface area contributed by atoms with E-state index < -0.39 is 0 Å². The van der Waals surface area contributed by atoms with Gasteiger partial charge in [-0.15, -0.1) is 0 Å². The van der Waals surface area contributed by atoms with Gasteiger partial charge in [-0.1, -0.05) is 0 Å². The van der Waals surface area contributed by atoms with Crippen molar-refractivity contribution in [3.8, 4) is 6.07 Å². The second-order valence-corrected chi connectivity index (χ2v) is 3.31. The second-order valence-electron chi connectivity index (χ2n) is 3.31. The smallest absolute Gasteiger partial charge is 0.147 e. The van der Waals surface area contributed by atoms with Crippen LogP contribution in [0.5, 0.6) is 0 Å². The van der Waals surface area contributed by atoms with Gasteiger partial charge < -0.3 is 10.6 Å². The largest absolute Gasteiger partial charge is 0.377 e. The van der Waals surface area contributed by atoms with Gasteiger partial charge in [0.25, 0.3) is 0 Å². The van der Waals surface area contributed by atoms with Gasteiger partial charge in [-0.25, -0.2) is 4.39 Å². The predicted octanol–water partition coefficient (Wildman–Crippen LogP) is 1.08. The molecule has 1 aliphatic heterocycles. The molecule has 1 aromatic rings. The quantitative estimate of drug-likeness (QED) is 0.735. The summed E-state index contributed by atoms with van der Waals surface area (Å²) < 4.78 is 13.3. The first kappa shape index (κ1) is 8.97. The van der Waals surface area contributed by atoms with Crippen LogP contribution in [0.2, 0.25) is 0 Å². The van der Waals surface area contributed by atoms with Gasteiger partial charge in [-0.2, -0.15) is 5.26 Å². The van der Waals surface area contributed by atoms with Crippen molar-refractivity contribution in [1.29, 1.82) is 5.26 Å². The summed E-state index contributed by atoms with van der Waals surface area (Å²) in [4.78, 5) is 0. The fourth-order valence-electron chi connectivity index (χ4n) is 1.31. The first-order valence-corrected chi connectivity index (χ1v) is 4.46. The van der Waals surface area contributed by atoms with Crippen LogP contribution in [0.3, 0.4) is 0 Å². The zero-order valence-corrected chi connectivity index (χ0v) is 7.55. The highest BCUT2D eigenvalue weighted by Gasteiger charge is 2.17. The zero-order chi connectivity index (χ0) is 9.97. The Balaban J connectivity index is 2.14. The summed E-state index contributed by atoms with van der Waals surface area (Å²) in [7, 11) is 0. The van der Waals surface area contributed by atoms with Gasteiger partial charge >= 0.3 is 0 Å². The summed E-state index contributed by atoms with van der Waals surface area (Å²) >= 11 is 0. The maximum atomic E-state index is 13.3. The van der Waals surface area contributed by atoms with E-state index in [1.165, 1.54) is 6.07 Å². The summed E-state index contributed by atoms with van der Waals surface area (Å²) in [6.45, 7) is 1.72. The monoisotopic (exact) mass is 191 g/mol. The molecule has 0 saturated carbocycles. The van der Waals surface area contributed by atoms with Crippen molar-refractivity contribution in [2.24, 2.45) is 0 Å². The molecule has 0 amide bonds. The molecule has 72 valence electrons. The fourth-order valence-corrected chi connectivity index (χ4v) is 1.31. The average molecular weight is 191 g/mol. The molecule has 0 bridgehead atoms. The lowest BCUT2D eigenvalue weighted by Gasteiger charge is -2.29. The van der Waals surface area contributed by atoms with E-state index in [9.17, 15) is 4.39 Å². The second kappa shape index (κ2) is 3.64. The minimum Gasteiger partial charge on any atom is -0.377 e. The molecule has 1 aliphatic rings. The van der Waals surface area contributed by atoms with E-state index in [0.717, 1.165) is 13.1 Å². The van der Waals surface area contributed by atoms with E-state index in [1.54, 1.807) is 12.1 Å². The standard InChI is InChI=1S/C10H10FN3/c11-9-3-7(4-12)1-2-10(9)14-8-5-13-6-8/h1-3,8,13-14H,5-6H2. The van der Waals surface area contributed by atoms with Crippen LogP contribution in [0.25, 0.3) is 0 Å². The summed E-state index contributed by atoms with van der Waals surface area (Å²) in [6, 6.07) is 6.66. The Hall–Kier alpha value is -1.60. The number of nitriles is 1. The zero-order valence-electron chi connectivity index (χ0n) is 7.55. The molecule has 3 nitrogen and oxygen atoms in total. The Bertz CT molecular complexity index is 379. The first-order valence-electron chi connectivity index (χ1n) is 4.46. The lowest BCUT2D eigenvalue weighted by Crippen LogP contribution is -2.51. The van der Waals surface area contributed by atoms with Crippen LogP contribution < -0.4 is 10.6 Å². The molecule has 0 aliphatic carbocycles. The Labute approximate surface area is 81.5 Å². The summed E-state index contributed by atoms with van der Waals surface area (Å²) in [5.41, 5.74) is 0.815. The number of hydrogen-bond acceptors (Lipinski definition) is 3. The molecule has 0 unspecified atom stereocenters.